The van der Waals surface area contributed by atoms with Crippen molar-refractivity contribution in [2.45, 2.75) is 13.3 Å². The van der Waals surface area contributed by atoms with Crippen LogP contribution in [0.5, 0.6) is 0 Å². The first-order chi connectivity index (χ1) is 8.60. The van der Waals surface area contributed by atoms with E-state index in [0.29, 0.717) is 25.1 Å². The Balaban J connectivity index is 2.97. The normalized spacial score (nSPS) is 10.1. The highest BCUT2D eigenvalue weighted by atomic mass is 16.4. The summed E-state index contributed by atoms with van der Waals surface area (Å²) in [5, 5.41) is 8.77. The average Bonchev–Trinajstić information content (AvgIpc) is 2.36. The molecule has 0 aliphatic rings. The first kappa shape index (κ1) is 14.2. The lowest BCUT2D eigenvalue weighted by molar-refractivity contribution is -0.137. The second-order valence-corrected chi connectivity index (χ2v) is 3.91. The first-order valence-corrected chi connectivity index (χ1v) is 5.89. The van der Waals surface area contributed by atoms with E-state index in [0.717, 1.165) is 5.56 Å². The molecule has 5 heteroatoms. The van der Waals surface area contributed by atoms with Gasteiger partial charge in [0.25, 0.3) is 5.91 Å². The molecule has 0 bridgehead atoms. The standard InChI is InChI=1S/C13H18N2O3/c1-2-15(9-12(16)17)13(18)11-6-4-3-5-10(11)7-8-14/h3-6H,2,7-9,14H2,1H3,(H,16,17). The predicted octanol–water partition coefficient (Wildman–Crippen LogP) is 0.734. The number of nitrogens with two attached hydrogens (primary N) is 1. The van der Waals surface area contributed by atoms with Crippen LogP contribution in [0.2, 0.25) is 0 Å². The quantitative estimate of drug-likeness (QED) is 0.779. The van der Waals surface area contributed by atoms with Gasteiger partial charge in [-0.05, 0) is 31.5 Å². The number of rotatable bonds is 6. The van der Waals surface area contributed by atoms with Crippen LogP contribution in [0, 0.1) is 0 Å². The molecule has 0 saturated heterocycles. The number of likely N-dealkylation sites (N-methyl/N-ethyl adjacent to an activating group) is 1. The van der Waals surface area contributed by atoms with Crippen LogP contribution in [0.4, 0.5) is 0 Å². The molecule has 0 unspecified atom stereocenters. The van der Waals surface area contributed by atoms with Gasteiger partial charge in [-0.15, -0.1) is 0 Å². The predicted molar refractivity (Wildman–Crippen MR) is 68.4 cm³/mol. The molecule has 1 aromatic carbocycles. The Kier molecular flexibility index (Phi) is 5.32. The Labute approximate surface area is 106 Å². The van der Waals surface area contributed by atoms with Crippen molar-refractivity contribution < 1.29 is 14.7 Å². The number of carboxylic acids is 1. The van der Waals surface area contributed by atoms with Crippen LogP contribution in [0.15, 0.2) is 24.3 Å². The summed E-state index contributed by atoms with van der Waals surface area (Å²) in [5.74, 6) is -1.27. The third-order valence-corrected chi connectivity index (χ3v) is 2.66. The Morgan fingerprint density at radius 2 is 2.00 bits per heavy atom. The molecule has 18 heavy (non-hydrogen) atoms. The van der Waals surface area contributed by atoms with Crippen molar-refractivity contribution in [2.75, 3.05) is 19.6 Å². The smallest absolute Gasteiger partial charge is 0.323 e. The number of aliphatic carboxylic acids is 1. The summed E-state index contributed by atoms with van der Waals surface area (Å²) in [6.07, 6.45) is 0.604. The molecule has 0 saturated carbocycles. The maximum absolute atomic E-state index is 12.2. The molecule has 1 aromatic rings. The van der Waals surface area contributed by atoms with E-state index < -0.39 is 5.97 Å². The summed E-state index contributed by atoms with van der Waals surface area (Å²) in [5.41, 5.74) is 6.89. The van der Waals surface area contributed by atoms with Crippen molar-refractivity contribution in [3.63, 3.8) is 0 Å². The third kappa shape index (κ3) is 3.56. The number of benzene rings is 1. The molecule has 0 aromatic heterocycles. The van der Waals surface area contributed by atoms with Gasteiger partial charge in [-0.2, -0.15) is 0 Å². The van der Waals surface area contributed by atoms with E-state index in [1.807, 2.05) is 12.1 Å². The molecule has 0 radical (unpaired) electrons. The molecule has 5 nitrogen and oxygen atoms in total. The van der Waals surface area contributed by atoms with Gasteiger partial charge >= 0.3 is 5.97 Å². The van der Waals surface area contributed by atoms with Gasteiger partial charge in [0.05, 0.1) is 0 Å². The molecule has 0 fully saturated rings. The molecule has 0 aliphatic heterocycles. The fraction of sp³-hybridized carbons (Fsp3) is 0.385. The van der Waals surface area contributed by atoms with Crippen LogP contribution in [0.1, 0.15) is 22.8 Å². The summed E-state index contributed by atoms with van der Waals surface area (Å²) in [6, 6.07) is 7.16. The highest BCUT2D eigenvalue weighted by Gasteiger charge is 2.18. The number of carbonyl (C=O) groups excluding carboxylic acids is 1. The average molecular weight is 250 g/mol. The zero-order chi connectivity index (χ0) is 13.5. The van der Waals surface area contributed by atoms with Crippen molar-refractivity contribution in [2.24, 2.45) is 5.73 Å². The van der Waals surface area contributed by atoms with Crippen molar-refractivity contribution in [3.8, 4) is 0 Å². The van der Waals surface area contributed by atoms with Crippen LogP contribution in [-0.2, 0) is 11.2 Å². The Morgan fingerprint density at radius 1 is 1.33 bits per heavy atom. The van der Waals surface area contributed by atoms with Gasteiger partial charge in [0.15, 0.2) is 0 Å². The minimum Gasteiger partial charge on any atom is -0.480 e. The fourth-order valence-corrected chi connectivity index (χ4v) is 1.76. The molecular weight excluding hydrogens is 232 g/mol. The molecule has 1 rings (SSSR count). The molecule has 0 aliphatic carbocycles. The Hall–Kier alpha value is -1.88. The minimum atomic E-state index is -1.01. The lowest BCUT2D eigenvalue weighted by atomic mass is 10.0. The number of hydrogen-bond acceptors (Lipinski definition) is 3. The van der Waals surface area contributed by atoms with Crippen LogP contribution in [0.3, 0.4) is 0 Å². The van der Waals surface area contributed by atoms with E-state index in [-0.39, 0.29) is 12.5 Å². The van der Waals surface area contributed by atoms with Gasteiger partial charge in [-0.1, -0.05) is 18.2 Å². The van der Waals surface area contributed by atoms with Crippen LogP contribution in [-0.4, -0.2) is 41.5 Å². The number of carbonyl (C=O) groups is 2. The van der Waals surface area contributed by atoms with E-state index >= 15 is 0 Å². The molecule has 98 valence electrons. The van der Waals surface area contributed by atoms with E-state index in [1.54, 1.807) is 19.1 Å². The summed E-state index contributed by atoms with van der Waals surface area (Å²) in [4.78, 5) is 24.2. The van der Waals surface area contributed by atoms with Crippen molar-refractivity contribution >= 4 is 11.9 Å². The summed E-state index contributed by atoms with van der Waals surface area (Å²) in [6.45, 7) is 2.29. The van der Waals surface area contributed by atoms with Crippen LogP contribution < -0.4 is 5.73 Å². The fourth-order valence-electron chi connectivity index (χ4n) is 1.76. The van der Waals surface area contributed by atoms with E-state index in [9.17, 15) is 9.59 Å². The lowest BCUT2D eigenvalue weighted by Crippen LogP contribution is -2.36. The van der Waals surface area contributed by atoms with Gasteiger partial charge in [-0.25, -0.2) is 0 Å². The molecule has 0 spiro atoms. The van der Waals surface area contributed by atoms with Gasteiger partial charge in [0, 0.05) is 12.1 Å². The van der Waals surface area contributed by atoms with Crippen molar-refractivity contribution in [1.29, 1.82) is 0 Å². The number of nitrogens with zero attached hydrogens (tertiary/aromatic N) is 1. The second-order valence-electron chi connectivity index (χ2n) is 3.91. The van der Waals surface area contributed by atoms with Crippen molar-refractivity contribution in [3.05, 3.63) is 35.4 Å². The number of carboxylic acid groups (broad SMARTS) is 1. The van der Waals surface area contributed by atoms with Crippen LogP contribution >= 0.6 is 0 Å². The molecule has 3 N–H and O–H groups in total. The molecule has 0 atom stereocenters. The summed E-state index contributed by atoms with van der Waals surface area (Å²) >= 11 is 0. The maximum atomic E-state index is 12.2. The Morgan fingerprint density at radius 3 is 2.56 bits per heavy atom. The number of hydrogen-bond donors (Lipinski definition) is 2. The largest absolute Gasteiger partial charge is 0.480 e. The summed E-state index contributed by atoms with van der Waals surface area (Å²) in [7, 11) is 0. The van der Waals surface area contributed by atoms with Crippen molar-refractivity contribution in [1.82, 2.24) is 4.90 Å². The number of amides is 1. The van der Waals surface area contributed by atoms with Gasteiger partial charge in [-0.3, -0.25) is 9.59 Å². The zero-order valence-electron chi connectivity index (χ0n) is 10.4. The van der Waals surface area contributed by atoms with Gasteiger partial charge in [0.2, 0.25) is 0 Å². The SMILES string of the molecule is CCN(CC(=O)O)C(=O)c1ccccc1CCN. The molecule has 1 amide bonds. The topological polar surface area (TPSA) is 83.6 Å². The van der Waals surface area contributed by atoms with Crippen LogP contribution in [0.25, 0.3) is 0 Å². The van der Waals surface area contributed by atoms with E-state index in [1.165, 1.54) is 4.90 Å². The third-order valence-electron chi connectivity index (χ3n) is 2.66. The Bertz CT molecular complexity index is 432. The highest BCUT2D eigenvalue weighted by molar-refractivity contribution is 5.97. The molecule has 0 heterocycles. The molecular formula is C13H18N2O3. The van der Waals surface area contributed by atoms with Gasteiger partial charge in [0.1, 0.15) is 6.54 Å². The minimum absolute atomic E-state index is 0.260. The maximum Gasteiger partial charge on any atom is 0.323 e. The van der Waals surface area contributed by atoms with E-state index in [2.05, 4.69) is 0 Å². The summed E-state index contributed by atoms with van der Waals surface area (Å²) < 4.78 is 0. The van der Waals surface area contributed by atoms with Gasteiger partial charge < -0.3 is 15.7 Å². The zero-order valence-corrected chi connectivity index (χ0v) is 10.4. The first-order valence-electron chi connectivity index (χ1n) is 5.89. The second kappa shape index (κ2) is 6.76. The van der Waals surface area contributed by atoms with E-state index in [4.69, 9.17) is 10.8 Å². The monoisotopic (exact) mass is 250 g/mol. The lowest BCUT2D eigenvalue weighted by Gasteiger charge is -2.20. The highest BCUT2D eigenvalue weighted by Crippen LogP contribution is 2.12.